The van der Waals surface area contributed by atoms with Crippen LogP contribution >= 0.6 is 0 Å². The molecule has 1 amide bonds. The monoisotopic (exact) mass is 322 g/mol. The minimum Gasteiger partial charge on any atom is -0.454 e. The molecule has 3 aromatic rings. The van der Waals surface area contributed by atoms with Crippen molar-refractivity contribution in [1.82, 2.24) is 15.2 Å². The first-order valence-electron chi connectivity index (χ1n) is 7.84. The van der Waals surface area contributed by atoms with Gasteiger partial charge in [0.25, 0.3) is 0 Å². The quantitative estimate of drug-likeness (QED) is 0.774. The fourth-order valence-electron chi connectivity index (χ4n) is 2.78. The molecule has 1 aliphatic carbocycles. The van der Waals surface area contributed by atoms with Gasteiger partial charge in [-0.05, 0) is 43.2 Å². The van der Waals surface area contributed by atoms with Crippen LogP contribution < -0.4 is 14.8 Å². The summed E-state index contributed by atoms with van der Waals surface area (Å²) in [5.74, 6) is 2.16. The molecule has 0 unspecified atom stereocenters. The van der Waals surface area contributed by atoms with E-state index in [-0.39, 0.29) is 18.6 Å². The Hall–Kier alpha value is -3.09. The van der Waals surface area contributed by atoms with Gasteiger partial charge in [-0.2, -0.15) is 5.10 Å². The number of aromatic amines is 1. The molecule has 7 heteroatoms. The van der Waals surface area contributed by atoms with E-state index in [0.29, 0.717) is 11.5 Å². The summed E-state index contributed by atoms with van der Waals surface area (Å²) in [4.78, 5) is 16.5. The highest BCUT2D eigenvalue weighted by Gasteiger charge is 2.30. The van der Waals surface area contributed by atoms with Gasteiger partial charge in [0, 0.05) is 11.5 Å². The van der Waals surface area contributed by atoms with E-state index in [2.05, 4.69) is 20.5 Å². The molecule has 24 heavy (non-hydrogen) atoms. The van der Waals surface area contributed by atoms with E-state index in [1.807, 2.05) is 30.3 Å². The number of amides is 1. The number of anilines is 1. The second-order valence-electron chi connectivity index (χ2n) is 6.00. The van der Waals surface area contributed by atoms with Crippen LogP contribution in [0.15, 0.2) is 30.3 Å². The lowest BCUT2D eigenvalue weighted by molar-refractivity contribution is -0.117. The van der Waals surface area contributed by atoms with E-state index in [4.69, 9.17) is 9.47 Å². The maximum atomic E-state index is 11.9. The molecule has 1 fully saturated rings. The van der Waals surface area contributed by atoms with Crippen molar-refractivity contribution in [1.29, 1.82) is 0 Å². The van der Waals surface area contributed by atoms with Crippen LogP contribution in [-0.4, -0.2) is 27.9 Å². The molecule has 7 nitrogen and oxygen atoms in total. The fraction of sp³-hybridized carbons (Fsp3) is 0.235. The number of nitrogens with zero attached hydrogens (tertiary/aromatic N) is 2. The van der Waals surface area contributed by atoms with Crippen molar-refractivity contribution < 1.29 is 14.3 Å². The summed E-state index contributed by atoms with van der Waals surface area (Å²) in [7, 11) is 0. The average molecular weight is 322 g/mol. The molecule has 0 spiro atoms. The van der Waals surface area contributed by atoms with Crippen LogP contribution in [0.1, 0.15) is 12.8 Å². The van der Waals surface area contributed by atoms with Crippen molar-refractivity contribution in [2.75, 3.05) is 12.1 Å². The molecule has 3 heterocycles. The number of pyridine rings is 1. The SMILES string of the molecule is O=C(Nc1n[nH]c2nc(-c3ccc4c(c3)OCO4)ccc12)C1CC1. The summed E-state index contributed by atoms with van der Waals surface area (Å²) in [5.41, 5.74) is 2.36. The number of carbonyl (C=O) groups is 1. The van der Waals surface area contributed by atoms with Gasteiger partial charge in [0.05, 0.1) is 11.1 Å². The van der Waals surface area contributed by atoms with Crippen LogP contribution in [0.3, 0.4) is 0 Å². The third-order valence-electron chi connectivity index (χ3n) is 4.28. The Kier molecular flexibility index (Phi) is 2.76. The molecule has 1 aliphatic heterocycles. The van der Waals surface area contributed by atoms with Gasteiger partial charge < -0.3 is 14.8 Å². The van der Waals surface area contributed by atoms with Crippen LogP contribution in [0.4, 0.5) is 5.82 Å². The molecule has 0 saturated heterocycles. The Bertz CT molecular complexity index is 962. The van der Waals surface area contributed by atoms with Gasteiger partial charge in [-0.15, -0.1) is 0 Å². The number of nitrogens with one attached hydrogen (secondary N) is 2. The molecule has 2 aromatic heterocycles. The highest BCUT2D eigenvalue weighted by atomic mass is 16.7. The molecular weight excluding hydrogens is 308 g/mol. The van der Waals surface area contributed by atoms with Crippen molar-refractivity contribution in [3.05, 3.63) is 30.3 Å². The molecule has 2 aliphatic rings. The van der Waals surface area contributed by atoms with Crippen LogP contribution in [0.2, 0.25) is 0 Å². The Morgan fingerprint density at radius 3 is 2.92 bits per heavy atom. The van der Waals surface area contributed by atoms with E-state index in [0.717, 1.165) is 41.0 Å². The number of benzene rings is 1. The molecule has 0 atom stereocenters. The Labute approximate surface area is 137 Å². The van der Waals surface area contributed by atoms with E-state index in [1.54, 1.807) is 0 Å². The van der Waals surface area contributed by atoms with Gasteiger partial charge in [0.1, 0.15) is 0 Å². The first-order chi connectivity index (χ1) is 11.8. The van der Waals surface area contributed by atoms with E-state index >= 15 is 0 Å². The zero-order valence-corrected chi connectivity index (χ0v) is 12.7. The molecule has 5 rings (SSSR count). The van der Waals surface area contributed by atoms with Crippen LogP contribution in [0.5, 0.6) is 11.5 Å². The lowest BCUT2D eigenvalue weighted by atomic mass is 10.1. The fourth-order valence-corrected chi connectivity index (χ4v) is 2.78. The molecule has 2 N–H and O–H groups in total. The number of rotatable bonds is 3. The van der Waals surface area contributed by atoms with E-state index in [1.165, 1.54) is 0 Å². The lowest BCUT2D eigenvalue weighted by Gasteiger charge is -2.03. The van der Waals surface area contributed by atoms with Gasteiger partial charge in [-0.25, -0.2) is 4.98 Å². The number of ether oxygens (including phenoxy) is 2. The second kappa shape index (κ2) is 4.95. The molecule has 1 aromatic carbocycles. The third kappa shape index (κ3) is 2.17. The highest BCUT2D eigenvalue weighted by molar-refractivity contribution is 6.00. The topological polar surface area (TPSA) is 89.1 Å². The van der Waals surface area contributed by atoms with Crippen LogP contribution in [-0.2, 0) is 4.79 Å². The normalized spacial score (nSPS) is 15.7. The molecule has 0 radical (unpaired) electrons. The van der Waals surface area contributed by atoms with Crippen molar-refractivity contribution >= 4 is 22.8 Å². The lowest BCUT2D eigenvalue weighted by Crippen LogP contribution is -2.13. The molecule has 1 saturated carbocycles. The van der Waals surface area contributed by atoms with Crippen molar-refractivity contribution in [3.63, 3.8) is 0 Å². The zero-order chi connectivity index (χ0) is 16.1. The number of carbonyl (C=O) groups excluding carboxylic acids is 1. The predicted molar refractivity (Wildman–Crippen MR) is 86.8 cm³/mol. The number of fused-ring (bicyclic) bond motifs is 2. The average Bonchev–Trinajstić information content (AvgIpc) is 3.23. The minimum absolute atomic E-state index is 0.0308. The highest BCUT2D eigenvalue weighted by Crippen LogP contribution is 2.36. The van der Waals surface area contributed by atoms with Crippen molar-refractivity contribution in [3.8, 4) is 22.8 Å². The molecular formula is C17H14N4O3. The van der Waals surface area contributed by atoms with Crippen molar-refractivity contribution in [2.24, 2.45) is 5.92 Å². The van der Waals surface area contributed by atoms with Gasteiger partial charge in [-0.3, -0.25) is 9.89 Å². The summed E-state index contributed by atoms with van der Waals surface area (Å²) in [5, 5.41) is 10.7. The van der Waals surface area contributed by atoms with Crippen LogP contribution in [0, 0.1) is 5.92 Å². The first-order valence-corrected chi connectivity index (χ1v) is 7.84. The largest absolute Gasteiger partial charge is 0.454 e. The predicted octanol–water partition coefficient (Wildman–Crippen LogP) is 2.70. The summed E-state index contributed by atoms with van der Waals surface area (Å²) < 4.78 is 10.7. The summed E-state index contributed by atoms with van der Waals surface area (Å²) in [6.45, 7) is 0.246. The molecule has 120 valence electrons. The summed E-state index contributed by atoms with van der Waals surface area (Å²) in [6.07, 6.45) is 1.92. The Balaban J connectivity index is 1.49. The number of hydrogen-bond acceptors (Lipinski definition) is 5. The third-order valence-corrected chi connectivity index (χ3v) is 4.28. The Morgan fingerprint density at radius 2 is 2.04 bits per heavy atom. The number of aromatic nitrogens is 3. The number of hydrogen-bond donors (Lipinski definition) is 2. The maximum absolute atomic E-state index is 11.9. The smallest absolute Gasteiger partial charge is 0.231 e. The minimum atomic E-state index is 0.0308. The first kappa shape index (κ1) is 13.4. The van der Waals surface area contributed by atoms with Gasteiger partial charge in [-0.1, -0.05) is 0 Å². The standard InChI is InChI=1S/C17H14N4O3/c22-17(9-1-2-9)19-16-11-4-5-12(18-15(11)20-21-16)10-3-6-13-14(7-10)24-8-23-13/h3-7,9H,1-2,8H2,(H2,18,19,20,21,22). The van der Waals surface area contributed by atoms with Crippen LogP contribution in [0.25, 0.3) is 22.3 Å². The number of H-pyrrole nitrogens is 1. The second-order valence-corrected chi connectivity index (χ2v) is 6.00. The van der Waals surface area contributed by atoms with Gasteiger partial charge >= 0.3 is 0 Å². The Morgan fingerprint density at radius 1 is 1.17 bits per heavy atom. The summed E-state index contributed by atoms with van der Waals surface area (Å²) in [6, 6.07) is 9.53. The van der Waals surface area contributed by atoms with E-state index < -0.39 is 0 Å². The van der Waals surface area contributed by atoms with E-state index in [9.17, 15) is 4.79 Å². The maximum Gasteiger partial charge on any atom is 0.231 e. The zero-order valence-electron chi connectivity index (χ0n) is 12.7. The molecule has 0 bridgehead atoms. The van der Waals surface area contributed by atoms with Gasteiger partial charge in [0.15, 0.2) is 23.0 Å². The summed E-state index contributed by atoms with van der Waals surface area (Å²) >= 11 is 0. The van der Waals surface area contributed by atoms with Gasteiger partial charge in [0.2, 0.25) is 12.7 Å². The van der Waals surface area contributed by atoms with Crippen molar-refractivity contribution in [2.45, 2.75) is 12.8 Å².